The predicted octanol–water partition coefficient (Wildman–Crippen LogP) is 17.0. The van der Waals surface area contributed by atoms with Gasteiger partial charge in [-0.15, -0.1) is 17.7 Å². The van der Waals surface area contributed by atoms with Crippen LogP contribution in [0.15, 0.2) is 168 Å². The molecule has 0 saturated carbocycles. The minimum Gasteiger partial charge on any atom is 0 e. The molecule has 0 aliphatic rings. The van der Waals surface area contributed by atoms with E-state index in [1.165, 1.54) is 59.4 Å². The number of hydrogen-bond donors (Lipinski definition) is 0. The molecule has 0 bridgehead atoms. The molecule has 69 heavy (non-hydrogen) atoms. The smallest absolute Gasteiger partial charge is 0 e. The van der Waals surface area contributed by atoms with Crippen molar-refractivity contribution < 1.29 is 24.5 Å². The molecule has 0 aliphatic heterocycles. The van der Waals surface area contributed by atoms with Crippen LogP contribution in [-0.2, 0) is 25.5 Å². The second-order valence-electron chi connectivity index (χ2n) is 20.9. The van der Waals surface area contributed by atoms with Crippen molar-refractivity contribution >= 4 is 72.2 Å². The van der Waals surface area contributed by atoms with Gasteiger partial charge in [-0.2, -0.15) is 0 Å². The molecule has 6 heteroatoms. The summed E-state index contributed by atoms with van der Waals surface area (Å²) in [5, 5.41) is 7.12. The Morgan fingerprint density at radius 1 is 0.638 bits per heavy atom. The molecule has 0 atom stereocenters. The molecule has 0 amide bonds. The Morgan fingerprint density at radius 2 is 1.32 bits per heavy atom. The van der Waals surface area contributed by atoms with Crippen LogP contribution in [0, 0.1) is 12.1 Å². The molecular weight excluding hydrogens is 1080 g/mol. The van der Waals surface area contributed by atoms with Crippen molar-refractivity contribution in [2.45, 2.75) is 83.0 Å². The summed E-state index contributed by atoms with van der Waals surface area (Å²) >= 11 is -1.72. The van der Waals surface area contributed by atoms with Crippen molar-refractivity contribution in [3.8, 4) is 39.5 Å². The number of benzene rings is 8. The van der Waals surface area contributed by atoms with E-state index in [1.807, 2.05) is 30.5 Å². The van der Waals surface area contributed by atoms with Gasteiger partial charge in [-0.25, -0.2) is 0 Å². The number of pyridine rings is 1. The van der Waals surface area contributed by atoms with Crippen LogP contribution in [0.3, 0.4) is 0 Å². The first-order valence-electron chi connectivity index (χ1n) is 24.0. The standard InChI is InChI=1S/C49H43N2O.C14H16GeN.Ir/c1-29(2)37-26-34(31-15-9-8-10-16-31)27-38(30(3)4)46(37)51-43-20-14-13-19-42(43)50-48(51)36-23-24-41(49(5,6)7)45-40-25-33-22-21-32-17-11-12-18-35(32)39(33)28-44(40)52-47(36)45;1-15(2,3)13-9-10-14(16-11-13)12-7-5-4-6-8-12;/h8-22,24-30H,1-7H3;4-7,9-11H,1-3H3;/q2*-1;. The van der Waals surface area contributed by atoms with Crippen LogP contribution in [0.5, 0.6) is 0 Å². The Kier molecular flexibility index (Phi) is 13.2. The van der Waals surface area contributed by atoms with Crippen LogP contribution >= 0.6 is 0 Å². The van der Waals surface area contributed by atoms with Crippen molar-refractivity contribution in [2.75, 3.05) is 0 Å². The van der Waals surface area contributed by atoms with Crippen LogP contribution in [0.4, 0.5) is 0 Å². The van der Waals surface area contributed by atoms with Crippen molar-refractivity contribution in [3.63, 3.8) is 0 Å². The molecule has 1 radical (unpaired) electrons. The van der Waals surface area contributed by atoms with Gasteiger partial charge in [-0.05, 0) is 97.4 Å². The van der Waals surface area contributed by atoms with Gasteiger partial charge in [0, 0.05) is 31.2 Å². The Hall–Kier alpha value is -6.11. The average Bonchev–Trinajstić information content (AvgIpc) is 3.91. The Bertz CT molecular complexity index is 3600. The van der Waals surface area contributed by atoms with Crippen molar-refractivity contribution in [2.24, 2.45) is 0 Å². The molecule has 0 fully saturated rings. The van der Waals surface area contributed by atoms with E-state index in [9.17, 15) is 0 Å². The number of imidazole rings is 1. The molecule has 3 heterocycles. The molecule has 0 spiro atoms. The maximum Gasteiger partial charge on any atom is 0 e. The van der Waals surface area contributed by atoms with E-state index >= 15 is 0 Å². The zero-order valence-electron chi connectivity index (χ0n) is 41.3. The maximum absolute atomic E-state index is 7.07. The summed E-state index contributed by atoms with van der Waals surface area (Å²) in [6, 6.07) is 63.1. The third kappa shape index (κ3) is 9.14. The van der Waals surface area contributed by atoms with Crippen LogP contribution < -0.4 is 4.40 Å². The Labute approximate surface area is 423 Å². The van der Waals surface area contributed by atoms with Crippen molar-refractivity contribution in [1.29, 1.82) is 0 Å². The SMILES string of the molecule is CC(C)c1cc(-c2ccccc2)cc(C(C)C)c1-n1c(-c2[c-]cc(C(C)(C)C)c3c2oc2cc4c(ccc5ccccc54)cc23)nc2ccccc21.[CH3][Ge]([CH3])([CH3])[c]1ccc(-c2[c-]cccc2)nc1.[Ir]. The van der Waals surface area contributed by atoms with E-state index in [1.54, 1.807) is 0 Å². The quantitative estimate of drug-likeness (QED) is 0.0907. The summed E-state index contributed by atoms with van der Waals surface area (Å²) < 4.78 is 10.9. The Morgan fingerprint density at radius 3 is 1.99 bits per heavy atom. The summed E-state index contributed by atoms with van der Waals surface area (Å²) in [6.07, 6.45) is 2.04. The molecule has 0 aliphatic carbocycles. The molecule has 8 aromatic carbocycles. The van der Waals surface area contributed by atoms with Gasteiger partial charge in [0.1, 0.15) is 5.58 Å². The van der Waals surface area contributed by atoms with Gasteiger partial charge in [0.2, 0.25) is 0 Å². The van der Waals surface area contributed by atoms with Crippen LogP contribution in [0.2, 0.25) is 17.3 Å². The van der Waals surface area contributed by atoms with Crippen LogP contribution in [0.25, 0.3) is 94.0 Å². The molecular formula is C63H59GeIrN3O-2. The predicted molar refractivity (Wildman–Crippen MR) is 291 cm³/mol. The number of para-hydroxylation sites is 2. The molecule has 0 N–H and O–H groups in total. The molecule has 347 valence electrons. The molecule has 0 unspecified atom stereocenters. The summed E-state index contributed by atoms with van der Waals surface area (Å²) in [4.78, 5) is 9.95. The summed E-state index contributed by atoms with van der Waals surface area (Å²) in [6.45, 7) is 16.0. The van der Waals surface area contributed by atoms with E-state index in [0.717, 1.165) is 55.6 Å². The van der Waals surface area contributed by atoms with E-state index in [4.69, 9.17) is 9.40 Å². The van der Waals surface area contributed by atoms with Gasteiger partial charge in [0.15, 0.2) is 0 Å². The fourth-order valence-corrected chi connectivity index (χ4v) is 11.8. The van der Waals surface area contributed by atoms with Gasteiger partial charge < -0.3 is 8.98 Å². The minimum absolute atomic E-state index is 0. The molecule has 11 rings (SSSR count). The number of fused-ring (bicyclic) bond motifs is 7. The molecule has 0 saturated heterocycles. The van der Waals surface area contributed by atoms with Crippen molar-refractivity contribution in [3.05, 3.63) is 193 Å². The number of rotatable bonds is 7. The summed E-state index contributed by atoms with van der Waals surface area (Å²) in [7, 11) is 0. The van der Waals surface area contributed by atoms with Gasteiger partial charge in [0.25, 0.3) is 0 Å². The number of furan rings is 1. The van der Waals surface area contributed by atoms with Crippen LogP contribution in [0.1, 0.15) is 77.0 Å². The third-order valence-corrected chi connectivity index (χ3v) is 17.6. The normalized spacial score (nSPS) is 12.1. The van der Waals surface area contributed by atoms with Crippen molar-refractivity contribution in [1.82, 2.24) is 14.5 Å². The Balaban J connectivity index is 0.000000296. The van der Waals surface area contributed by atoms with E-state index in [0.29, 0.717) is 0 Å². The molecule has 11 aromatic rings. The second-order valence-corrected chi connectivity index (χ2v) is 31.5. The maximum atomic E-state index is 7.07. The van der Waals surface area contributed by atoms with E-state index in [-0.39, 0.29) is 37.4 Å². The van der Waals surface area contributed by atoms with Gasteiger partial charge in [-0.3, -0.25) is 4.98 Å². The number of hydrogen-bond acceptors (Lipinski definition) is 3. The van der Waals surface area contributed by atoms with E-state index < -0.39 is 13.3 Å². The number of nitrogens with zero attached hydrogens (tertiary/aromatic N) is 3. The largest absolute Gasteiger partial charge is 0 e. The van der Waals surface area contributed by atoms with Gasteiger partial charge in [0.05, 0.1) is 22.4 Å². The molecule has 3 aromatic heterocycles. The van der Waals surface area contributed by atoms with Gasteiger partial charge in [-0.1, -0.05) is 138 Å². The third-order valence-electron chi connectivity index (χ3n) is 13.4. The average molecular weight is 1140 g/mol. The first-order chi connectivity index (χ1) is 32.7. The topological polar surface area (TPSA) is 43.9 Å². The van der Waals surface area contributed by atoms with E-state index in [2.05, 4.69) is 221 Å². The monoisotopic (exact) mass is 1140 g/mol. The fraction of sp³-hybridized carbons (Fsp3) is 0.206. The second kappa shape index (κ2) is 19.0. The summed E-state index contributed by atoms with van der Waals surface area (Å²) in [5.74, 6) is 8.52. The van der Waals surface area contributed by atoms with Gasteiger partial charge >= 0.3 is 99.8 Å². The summed E-state index contributed by atoms with van der Waals surface area (Å²) in [5.41, 5.74) is 14.0. The molecule has 4 nitrogen and oxygen atoms in total. The first-order valence-corrected chi connectivity index (χ1v) is 31.4. The van der Waals surface area contributed by atoms with Crippen LogP contribution in [-0.4, -0.2) is 27.8 Å². The zero-order chi connectivity index (χ0) is 47.5. The fourth-order valence-electron chi connectivity index (χ4n) is 9.67. The minimum atomic E-state index is -1.72. The number of aromatic nitrogens is 3. The first kappa shape index (κ1) is 47.9. The zero-order valence-corrected chi connectivity index (χ0v) is 45.8.